The summed E-state index contributed by atoms with van der Waals surface area (Å²) in [5.41, 5.74) is 0.311. The van der Waals surface area contributed by atoms with Crippen LogP contribution >= 0.6 is 15.9 Å². The Balaban J connectivity index is 2.78. The van der Waals surface area contributed by atoms with Gasteiger partial charge in [-0.2, -0.15) is 0 Å². The third-order valence-corrected chi connectivity index (χ3v) is 2.35. The first-order chi connectivity index (χ1) is 7.02. The number of amides is 1. The fourth-order valence-corrected chi connectivity index (χ4v) is 1.32. The minimum atomic E-state index is -1.08. The van der Waals surface area contributed by atoms with Crippen molar-refractivity contribution in [2.75, 3.05) is 0 Å². The van der Waals surface area contributed by atoms with Crippen molar-refractivity contribution in [3.05, 3.63) is 28.5 Å². The summed E-state index contributed by atoms with van der Waals surface area (Å²) >= 11 is 3.10. The fourth-order valence-electron chi connectivity index (χ4n) is 0.892. The number of carbonyl (C=O) groups excluding carboxylic acids is 1. The van der Waals surface area contributed by atoms with Crippen LogP contribution in [0.5, 0.6) is 0 Å². The average Bonchev–Trinajstić information content (AvgIpc) is 2.18. The number of hydrogen-bond acceptors (Lipinski definition) is 3. The first-order valence-corrected chi connectivity index (χ1v) is 4.96. The maximum absolute atomic E-state index is 11.5. The summed E-state index contributed by atoms with van der Waals surface area (Å²) in [6.07, 6.45) is 1.53. The van der Waals surface area contributed by atoms with E-state index in [0.717, 1.165) is 0 Å². The van der Waals surface area contributed by atoms with Crippen molar-refractivity contribution in [3.8, 4) is 0 Å². The monoisotopic (exact) mass is 272 g/mol. The summed E-state index contributed by atoms with van der Waals surface area (Å²) in [4.78, 5) is 25.9. The highest BCUT2D eigenvalue weighted by molar-refractivity contribution is 9.10. The van der Waals surface area contributed by atoms with Crippen LogP contribution in [-0.2, 0) is 4.79 Å². The highest BCUT2D eigenvalue weighted by Crippen LogP contribution is 2.12. The molecule has 1 atom stereocenters. The maximum atomic E-state index is 11.5. The van der Waals surface area contributed by atoms with Crippen LogP contribution in [0.3, 0.4) is 0 Å². The van der Waals surface area contributed by atoms with Gasteiger partial charge in [0.2, 0.25) is 0 Å². The van der Waals surface area contributed by atoms with Crippen molar-refractivity contribution in [1.29, 1.82) is 0 Å². The van der Waals surface area contributed by atoms with Gasteiger partial charge in [-0.25, -0.2) is 4.98 Å². The van der Waals surface area contributed by atoms with E-state index in [4.69, 9.17) is 5.11 Å². The first-order valence-electron chi connectivity index (χ1n) is 4.16. The number of hydrogen-bond donors (Lipinski definition) is 2. The molecule has 0 bridgehead atoms. The van der Waals surface area contributed by atoms with Gasteiger partial charge in [-0.1, -0.05) is 0 Å². The van der Waals surface area contributed by atoms with E-state index in [2.05, 4.69) is 26.2 Å². The minimum absolute atomic E-state index is 0.311. The van der Waals surface area contributed by atoms with Crippen molar-refractivity contribution in [3.63, 3.8) is 0 Å². The third-order valence-electron chi connectivity index (χ3n) is 1.72. The quantitative estimate of drug-likeness (QED) is 0.807. The van der Waals surface area contributed by atoms with Crippen molar-refractivity contribution in [1.82, 2.24) is 10.3 Å². The van der Waals surface area contributed by atoms with Crippen molar-refractivity contribution >= 4 is 27.8 Å². The Morgan fingerprint density at radius 2 is 2.27 bits per heavy atom. The highest BCUT2D eigenvalue weighted by Gasteiger charge is 2.16. The summed E-state index contributed by atoms with van der Waals surface area (Å²) in [6.45, 7) is 1.39. The minimum Gasteiger partial charge on any atom is -0.480 e. The van der Waals surface area contributed by atoms with Gasteiger partial charge in [0.15, 0.2) is 0 Å². The van der Waals surface area contributed by atoms with Crippen molar-refractivity contribution in [2.24, 2.45) is 0 Å². The maximum Gasteiger partial charge on any atom is 0.325 e. The van der Waals surface area contributed by atoms with Gasteiger partial charge in [0.25, 0.3) is 5.91 Å². The van der Waals surface area contributed by atoms with E-state index in [0.29, 0.717) is 10.2 Å². The van der Waals surface area contributed by atoms with Gasteiger partial charge in [-0.15, -0.1) is 0 Å². The molecule has 1 amide bonds. The molecule has 0 aliphatic carbocycles. The molecule has 5 nitrogen and oxygen atoms in total. The molecule has 2 N–H and O–H groups in total. The predicted molar refractivity (Wildman–Crippen MR) is 56.5 cm³/mol. The zero-order valence-electron chi connectivity index (χ0n) is 7.90. The van der Waals surface area contributed by atoms with E-state index in [-0.39, 0.29) is 0 Å². The zero-order valence-corrected chi connectivity index (χ0v) is 9.48. The van der Waals surface area contributed by atoms with E-state index in [1.807, 2.05) is 0 Å². The van der Waals surface area contributed by atoms with Gasteiger partial charge in [0, 0.05) is 6.20 Å². The Morgan fingerprint density at radius 3 is 2.80 bits per heavy atom. The number of nitrogens with one attached hydrogen (secondary N) is 1. The lowest BCUT2D eigenvalue weighted by molar-refractivity contribution is -0.138. The molecule has 1 unspecified atom stereocenters. The second kappa shape index (κ2) is 4.88. The average molecular weight is 273 g/mol. The Morgan fingerprint density at radius 1 is 1.60 bits per heavy atom. The number of aromatic nitrogens is 1. The number of nitrogens with zero attached hydrogens (tertiary/aromatic N) is 1. The Hall–Kier alpha value is -1.43. The van der Waals surface area contributed by atoms with E-state index in [9.17, 15) is 9.59 Å². The van der Waals surface area contributed by atoms with Crippen LogP contribution in [0.15, 0.2) is 22.9 Å². The van der Waals surface area contributed by atoms with E-state index in [1.165, 1.54) is 13.1 Å². The molecule has 15 heavy (non-hydrogen) atoms. The number of pyridine rings is 1. The summed E-state index contributed by atoms with van der Waals surface area (Å²) in [5, 5.41) is 10.9. The number of carboxylic acid groups (broad SMARTS) is 1. The molecule has 0 fully saturated rings. The molecule has 0 saturated heterocycles. The molecule has 0 saturated carbocycles. The number of carbonyl (C=O) groups is 2. The largest absolute Gasteiger partial charge is 0.480 e. The molecular formula is C9H9BrN2O3. The number of rotatable bonds is 3. The molecule has 0 aliphatic heterocycles. The van der Waals surface area contributed by atoms with Gasteiger partial charge >= 0.3 is 5.97 Å². The second-order valence-electron chi connectivity index (χ2n) is 2.88. The molecule has 6 heteroatoms. The predicted octanol–water partition coefficient (Wildman–Crippen LogP) is 1.05. The molecule has 1 aromatic rings. The Kier molecular flexibility index (Phi) is 3.79. The second-order valence-corrected chi connectivity index (χ2v) is 3.63. The molecule has 1 aromatic heterocycles. The summed E-state index contributed by atoms with van der Waals surface area (Å²) in [6, 6.07) is 2.23. The van der Waals surface area contributed by atoms with Crippen LogP contribution in [0.2, 0.25) is 0 Å². The highest BCUT2D eigenvalue weighted by atomic mass is 79.9. The van der Waals surface area contributed by atoms with E-state index >= 15 is 0 Å². The molecule has 0 spiro atoms. The topological polar surface area (TPSA) is 79.3 Å². The SMILES string of the molecule is CC(NC(=O)c1cccnc1Br)C(=O)O. The van der Waals surface area contributed by atoms with Crippen molar-refractivity contribution in [2.45, 2.75) is 13.0 Å². The van der Waals surface area contributed by atoms with Crippen LogP contribution in [0.25, 0.3) is 0 Å². The van der Waals surface area contributed by atoms with Crippen LogP contribution in [-0.4, -0.2) is 28.0 Å². The molecule has 1 heterocycles. The van der Waals surface area contributed by atoms with Crippen molar-refractivity contribution < 1.29 is 14.7 Å². The van der Waals surface area contributed by atoms with Crippen LogP contribution in [0.4, 0.5) is 0 Å². The lowest BCUT2D eigenvalue weighted by atomic mass is 10.2. The number of halogens is 1. The van der Waals surface area contributed by atoms with Gasteiger partial charge in [0.1, 0.15) is 10.6 Å². The first kappa shape index (κ1) is 11.6. The summed E-state index contributed by atoms with van der Waals surface area (Å²) < 4.78 is 0.389. The standard InChI is InChI=1S/C9H9BrN2O3/c1-5(9(14)15)12-8(13)6-3-2-4-11-7(6)10/h2-5H,1H3,(H,12,13)(H,14,15). The van der Waals surface area contributed by atoms with Crippen LogP contribution in [0, 0.1) is 0 Å². The van der Waals surface area contributed by atoms with Gasteiger partial charge in [0.05, 0.1) is 5.56 Å². The lowest BCUT2D eigenvalue weighted by Gasteiger charge is -2.09. The van der Waals surface area contributed by atoms with Gasteiger partial charge in [-0.05, 0) is 35.0 Å². The summed E-state index contributed by atoms with van der Waals surface area (Å²) in [7, 11) is 0. The lowest BCUT2D eigenvalue weighted by Crippen LogP contribution is -2.38. The Labute approximate surface area is 94.6 Å². The number of aliphatic carboxylic acids is 1. The normalized spacial score (nSPS) is 11.9. The molecule has 1 rings (SSSR count). The smallest absolute Gasteiger partial charge is 0.325 e. The van der Waals surface area contributed by atoms with Gasteiger partial charge < -0.3 is 10.4 Å². The zero-order chi connectivity index (χ0) is 11.4. The number of carboxylic acids is 1. The molecule has 80 valence electrons. The van der Waals surface area contributed by atoms with E-state index < -0.39 is 17.9 Å². The summed E-state index contributed by atoms with van der Waals surface area (Å²) in [5.74, 6) is -1.55. The molecule has 0 aliphatic rings. The van der Waals surface area contributed by atoms with Crippen LogP contribution in [0.1, 0.15) is 17.3 Å². The third kappa shape index (κ3) is 3.02. The molecule has 0 radical (unpaired) electrons. The van der Waals surface area contributed by atoms with Gasteiger partial charge in [-0.3, -0.25) is 9.59 Å². The fraction of sp³-hybridized carbons (Fsp3) is 0.222. The molecule has 0 aromatic carbocycles. The van der Waals surface area contributed by atoms with E-state index in [1.54, 1.807) is 12.1 Å². The Bertz CT molecular complexity index is 395. The molecular weight excluding hydrogens is 264 g/mol. The van der Waals surface area contributed by atoms with Crippen LogP contribution < -0.4 is 5.32 Å².